The predicted octanol–water partition coefficient (Wildman–Crippen LogP) is 4.80. The molecule has 0 radical (unpaired) electrons. The number of halogens is 2. The Hall–Kier alpha value is -1.09. The van der Waals surface area contributed by atoms with Crippen molar-refractivity contribution in [2.45, 2.75) is 52.5 Å². The van der Waals surface area contributed by atoms with Crippen molar-refractivity contribution in [3.63, 3.8) is 0 Å². The van der Waals surface area contributed by atoms with Gasteiger partial charge in [0.05, 0.1) is 11.0 Å². The maximum atomic E-state index is 13.8. The summed E-state index contributed by atoms with van der Waals surface area (Å²) in [6, 6.07) is 3.43. The molecule has 0 bridgehead atoms. The van der Waals surface area contributed by atoms with Crippen molar-refractivity contribution in [1.82, 2.24) is 9.55 Å². The maximum Gasteiger partial charge on any atom is 0.128 e. The van der Waals surface area contributed by atoms with Crippen molar-refractivity contribution in [1.29, 1.82) is 0 Å². The molecule has 0 saturated heterocycles. The van der Waals surface area contributed by atoms with Crippen molar-refractivity contribution in [3.8, 4) is 0 Å². The zero-order chi connectivity index (χ0) is 14.9. The van der Waals surface area contributed by atoms with Crippen LogP contribution < -0.4 is 0 Å². The molecule has 0 amide bonds. The molecule has 0 fully saturated rings. The Morgan fingerprint density at radius 3 is 2.50 bits per heavy atom. The molecule has 0 N–H and O–H groups in total. The Morgan fingerprint density at radius 2 is 1.95 bits per heavy atom. The van der Waals surface area contributed by atoms with Gasteiger partial charge in [0.2, 0.25) is 0 Å². The number of alkyl halides is 1. The second kappa shape index (κ2) is 5.72. The zero-order valence-corrected chi connectivity index (χ0v) is 13.4. The van der Waals surface area contributed by atoms with Gasteiger partial charge in [0.1, 0.15) is 11.6 Å². The predicted molar refractivity (Wildman–Crippen MR) is 83.1 cm³/mol. The molecule has 0 unspecified atom stereocenters. The first-order chi connectivity index (χ1) is 9.46. The molecule has 0 saturated carbocycles. The molecule has 0 aliphatic rings. The quantitative estimate of drug-likeness (QED) is 0.725. The number of aromatic nitrogens is 2. The van der Waals surface area contributed by atoms with Crippen LogP contribution in [0.2, 0.25) is 0 Å². The summed E-state index contributed by atoms with van der Waals surface area (Å²) in [6.45, 7) is 8.37. The van der Waals surface area contributed by atoms with Gasteiger partial charge in [-0.15, -0.1) is 11.6 Å². The Bertz CT molecular complexity index is 614. The van der Waals surface area contributed by atoms with Gasteiger partial charge >= 0.3 is 0 Å². The summed E-state index contributed by atoms with van der Waals surface area (Å²) in [5.74, 6) is 1.27. The van der Waals surface area contributed by atoms with Gasteiger partial charge in [-0.2, -0.15) is 0 Å². The SMILES string of the molecule is CCC(C)(CC)n1c(CCCl)nc2cc(F)c(C)cc21. The van der Waals surface area contributed by atoms with Crippen LogP contribution in [0.15, 0.2) is 12.1 Å². The summed E-state index contributed by atoms with van der Waals surface area (Å²) in [5.41, 5.74) is 2.38. The lowest BCUT2D eigenvalue weighted by Gasteiger charge is -2.31. The Labute approximate surface area is 125 Å². The van der Waals surface area contributed by atoms with Gasteiger partial charge in [-0.05, 0) is 38.3 Å². The first-order valence-electron chi connectivity index (χ1n) is 7.20. The molecule has 2 aromatic rings. The van der Waals surface area contributed by atoms with Crippen LogP contribution in [0.5, 0.6) is 0 Å². The van der Waals surface area contributed by atoms with Gasteiger partial charge in [-0.1, -0.05) is 13.8 Å². The largest absolute Gasteiger partial charge is 0.322 e. The van der Waals surface area contributed by atoms with Gasteiger partial charge in [-0.3, -0.25) is 0 Å². The molecule has 1 heterocycles. The molecule has 4 heteroatoms. The lowest BCUT2D eigenvalue weighted by Crippen LogP contribution is -2.30. The molecule has 0 spiro atoms. The summed E-state index contributed by atoms with van der Waals surface area (Å²) >= 11 is 5.91. The summed E-state index contributed by atoms with van der Waals surface area (Å²) in [4.78, 5) is 4.60. The second-order valence-corrected chi connectivity index (χ2v) is 5.97. The van der Waals surface area contributed by atoms with Gasteiger partial charge in [-0.25, -0.2) is 9.37 Å². The van der Waals surface area contributed by atoms with E-state index in [0.717, 1.165) is 29.7 Å². The van der Waals surface area contributed by atoms with E-state index in [2.05, 4.69) is 30.3 Å². The van der Waals surface area contributed by atoms with Gasteiger partial charge < -0.3 is 4.57 Å². The normalized spacial score (nSPS) is 12.3. The van der Waals surface area contributed by atoms with Crippen LogP contribution in [-0.4, -0.2) is 15.4 Å². The molecule has 1 aromatic carbocycles. The Morgan fingerprint density at radius 1 is 1.30 bits per heavy atom. The number of hydrogen-bond acceptors (Lipinski definition) is 1. The van der Waals surface area contributed by atoms with Crippen LogP contribution in [0.4, 0.5) is 4.39 Å². The smallest absolute Gasteiger partial charge is 0.128 e. The molecule has 0 atom stereocenters. The summed E-state index contributed by atoms with van der Waals surface area (Å²) in [7, 11) is 0. The van der Waals surface area contributed by atoms with Crippen LogP contribution in [0.3, 0.4) is 0 Å². The second-order valence-electron chi connectivity index (χ2n) is 5.60. The molecular weight excluding hydrogens is 275 g/mol. The number of fused-ring (bicyclic) bond motifs is 1. The Balaban J connectivity index is 2.77. The highest BCUT2D eigenvalue weighted by Gasteiger charge is 2.27. The first-order valence-corrected chi connectivity index (χ1v) is 7.74. The minimum absolute atomic E-state index is 0.0135. The van der Waals surface area contributed by atoms with Crippen LogP contribution in [0.1, 0.15) is 45.0 Å². The van der Waals surface area contributed by atoms with E-state index in [0.29, 0.717) is 17.9 Å². The highest BCUT2D eigenvalue weighted by molar-refractivity contribution is 6.17. The number of hydrogen-bond donors (Lipinski definition) is 0. The molecule has 0 aliphatic carbocycles. The number of imidazole rings is 1. The highest BCUT2D eigenvalue weighted by Crippen LogP contribution is 2.32. The average Bonchev–Trinajstić information content (AvgIpc) is 2.77. The van der Waals surface area contributed by atoms with Gasteiger partial charge in [0.25, 0.3) is 0 Å². The van der Waals surface area contributed by atoms with Crippen molar-refractivity contribution in [2.75, 3.05) is 5.88 Å². The van der Waals surface area contributed by atoms with Gasteiger partial charge in [0, 0.05) is 23.9 Å². The number of rotatable bonds is 5. The molecule has 2 rings (SSSR count). The first kappa shape index (κ1) is 15.3. The lowest BCUT2D eigenvalue weighted by molar-refractivity contribution is 0.294. The van der Waals surface area contributed by atoms with E-state index < -0.39 is 0 Å². The van der Waals surface area contributed by atoms with E-state index in [1.807, 2.05) is 6.07 Å². The summed E-state index contributed by atoms with van der Waals surface area (Å²) in [6.07, 6.45) is 2.70. The third-order valence-electron chi connectivity index (χ3n) is 4.39. The van der Waals surface area contributed by atoms with E-state index in [1.54, 1.807) is 6.92 Å². The fourth-order valence-corrected chi connectivity index (χ4v) is 2.84. The van der Waals surface area contributed by atoms with Crippen molar-refractivity contribution in [3.05, 3.63) is 29.3 Å². The number of nitrogens with zero attached hydrogens (tertiary/aromatic N) is 2. The minimum Gasteiger partial charge on any atom is -0.322 e. The van der Waals surface area contributed by atoms with Crippen LogP contribution in [0.25, 0.3) is 11.0 Å². The monoisotopic (exact) mass is 296 g/mol. The van der Waals surface area contributed by atoms with Gasteiger partial charge in [0.15, 0.2) is 0 Å². The van der Waals surface area contributed by atoms with Crippen molar-refractivity contribution in [2.24, 2.45) is 0 Å². The molecule has 0 aliphatic heterocycles. The van der Waals surface area contributed by atoms with Crippen molar-refractivity contribution >= 4 is 22.6 Å². The third-order valence-corrected chi connectivity index (χ3v) is 4.57. The van der Waals surface area contributed by atoms with Crippen LogP contribution >= 0.6 is 11.6 Å². The van der Waals surface area contributed by atoms with Crippen molar-refractivity contribution < 1.29 is 4.39 Å². The maximum absolute atomic E-state index is 13.8. The minimum atomic E-state index is -0.200. The number of aryl methyl sites for hydroxylation is 2. The molecule has 110 valence electrons. The molecule has 1 aromatic heterocycles. The fourth-order valence-electron chi connectivity index (χ4n) is 2.67. The molecular formula is C16H22ClFN2. The fraction of sp³-hybridized carbons (Fsp3) is 0.562. The standard InChI is InChI=1S/C16H22ClFN2/c1-5-16(4,6-2)20-14-9-11(3)12(18)10-13(14)19-15(20)7-8-17/h9-10H,5-8H2,1-4H3. The van der Waals surface area contributed by atoms with E-state index in [1.165, 1.54) is 6.07 Å². The Kier molecular flexibility index (Phi) is 4.38. The summed E-state index contributed by atoms with van der Waals surface area (Å²) < 4.78 is 16.0. The highest BCUT2D eigenvalue weighted by atomic mass is 35.5. The lowest BCUT2D eigenvalue weighted by atomic mass is 9.94. The van der Waals surface area contributed by atoms with E-state index in [4.69, 9.17) is 11.6 Å². The summed E-state index contributed by atoms with van der Waals surface area (Å²) in [5, 5.41) is 0. The number of benzene rings is 1. The van der Waals surface area contributed by atoms with E-state index in [-0.39, 0.29) is 11.4 Å². The topological polar surface area (TPSA) is 17.8 Å². The molecule has 2 nitrogen and oxygen atoms in total. The molecule has 20 heavy (non-hydrogen) atoms. The van der Waals surface area contributed by atoms with Crippen LogP contribution in [-0.2, 0) is 12.0 Å². The average molecular weight is 297 g/mol. The van der Waals surface area contributed by atoms with Crippen LogP contribution in [0, 0.1) is 12.7 Å². The third kappa shape index (κ3) is 2.44. The zero-order valence-electron chi connectivity index (χ0n) is 12.6. The van der Waals surface area contributed by atoms with E-state index >= 15 is 0 Å². The van der Waals surface area contributed by atoms with E-state index in [9.17, 15) is 4.39 Å².